The highest BCUT2D eigenvalue weighted by Gasteiger charge is 2.24. The van der Waals surface area contributed by atoms with Crippen LogP contribution in [-0.4, -0.2) is 39.4 Å². The van der Waals surface area contributed by atoms with Crippen LogP contribution in [0.4, 0.5) is 10.1 Å². The summed E-state index contributed by atoms with van der Waals surface area (Å²) in [5.74, 6) is 0.191. The van der Waals surface area contributed by atoms with Crippen LogP contribution in [0.5, 0.6) is 0 Å². The molecular weight excluding hydrogens is 455 g/mol. The summed E-state index contributed by atoms with van der Waals surface area (Å²) in [7, 11) is 0. The predicted molar refractivity (Wildman–Crippen MR) is 141 cm³/mol. The summed E-state index contributed by atoms with van der Waals surface area (Å²) in [5.41, 5.74) is 3.65. The Hall–Kier alpha value is -4.00. The van der Waals surface area contributed by atoms with Crippen molar-refractivity contribution in [3.05, 3.63) is 89.5 Å². The van der Waals surface area contributed by atoms with E-state index in [9.17, 15) is 14.0 Å². The van der Waals surface area contributed by atoms with Gasteiger partial charge in [0.25, 0.3) is 11.8 Å². The van der Waals surface area contributed by atoms with Gasteiger partial charge in [0.05, 0.1) is 11.0 Å². The van der Waals surface area contributed by atoms with Crippen LogP contribution < -0.4 is 5.32 Å². The van der Waals surface area contributed by atoms with Crippen LogP contribution in [0.25, 0.3) is 16.7 Å². The van der Waals surface area contributed by atoms with E-state index < -0.39 is 0 Å². The van der Waals surface area contributed by atoms with E-state index in [2.05, 4.69) is 26.1 Å². The number of anilines is 1. The third kappa shape index (κ3) is 5.00. The first kappa shape index (κ1) is 25.1. The molecule has 0 saturated carbocycles. The first-order chi connectivity index (χ1) is 17.1. The topological polar surface area (TPSA) is 67.2 Å². The average molecular weight is 487 g/mol. The zero-order valence-corrected chi connectivity index (χ0v) is 21.3. The lowest BCUT2D eigenvalue weighted by Gasteiger charge is -2.20. The Labute approximate surface area is 210 Å². The summed E-state index contributed by atoms with van der Waals surface area (Å²) in [6.07, 6.45) is 0. The molecule has 36 heavy (non-hydrogen) atoms. The first-order valence-electron chi connectivity index (χ1n) is 12.1. The van der Waals surface area contributed by atoms with Crippen molar-refractivity contribution in [1.82, 2.24) is 14.5 Å². The second-order valence-corrected chi connectivity index (χ2v) is 9.71. The van der Waals surface area contributed by atoms with Crippen molar-refractivity contribution in [3.8, 4) is 5.69 Å². The monoisotopic (exact) mass is 486 g/mol. The molecule has 0 bridgehead atoms. The number of nitrogens with one attached hydrogen (secondary N) is 1. The molecule has 6 nitrogen and oxygen atoms in total. The van der Waals surface area contributed by atoms with Crippen molar-refractivity contribution in [2.75, 3.05) is 18.4 Å². The smallest absolute Gasteiger partial charge is 0.255 e. The number of aromatic nitrogens is 2. The van der Waals surface area contributed by atoms with Gasteiger partial charge < -0.3 is 10.2 Å². The molecule has 1 aromatic heterocycles. The van der Waals surface area contributed by atoms with E-state index in [1.165, 1.54) is 12.1 Å². The van der Waals surface area contributed by atoms with E-state index in [0.29, 0.717) is 29.9 Å². The second kappa shape index (κ2) is 9.93. The summed E-state index contributed by atoms with van der Waals surface area (Å²) < 4.78 is 15.6. The fourth-order valence-electron chi connectivity index (χ4n) is 4.16. The largest absolute Gasteiger partial charge is 0.339 e. The molecule has 3 aromatic carbocycles. The molecule has 0 saturated heterocycles. The molecule has 0 aliphatic heterocycles. The molecule has 0 aliphatic carbocycles. The Balaban J connectivity index is 1.65. The van der Waals surface area contributed by atoms with Crippen molar-refractivity contribution in [3.63, 3.8) is 0 Å². The molecule has 7 heteroatoms. The number of fused-ring (bicyclic) bond motifs is 1. The molecule has 0 unspecified atom stereocenters. The summed E-state index contributed by atoms with van der Waals surface area (Å²) in [5, 5.41) is 2.91. The lowest BCUT2D eigenvalue weighted by Crippen LogP contribution is -2.30. The van der Waals surface area contributed by atoms with E-state index in [4.69, 9.17) is 4.98 Å². The Morgan fingerprint density at radius 3 is 2.11 bits per heavy atom. The SMILES string of the molecule is CCN(CC)C(=O)c1ccc(NC(=O)c2ccc3nc(C(C)(C)C)n(-c4ccc(F)cc4)c3c2)cc1. The van der Waals surface area contributed by atoms with E-state index >= 15 is 0 Å². The molecule has 1 N–H and O–H groups in total. The standard InChI is InChI=1S/C29H31FN4O2/c1-6-33(7-2)27(36)19-8-13-22(14-9-19)31-26(35)20-10-17-24-25(18-20)34(28(32-24)29(3,4)5)23-15-11-21(30)12-16-23/h8-18H,6-7H2,1-5H3,(H,31,35). The number of rotatable bonds is 6. The Morgan fingerprint density at radius 1 is 0.917 bits per heavy atom. The summed E-state index contributed by atoms with van der Waals surface area (Å²) in [6.45, 7) is 11.4. The van der Waals surface area contributed by atoms with Crippen molar-refractivity contribution in [1.29, 1.82) is 0 Å². The summed E-state index contributed by atoms with van der Waals surface area (Å²) >= 11 is 0. The van der Waals surface area contributed by atoms with Gasteiger partial charge in [-0.15, -0.1) is 0 Å². The zero-order valence-electron chi connectivity index (χ0n) is 21.3. The number of halogens is 1. The van der Waals surface area contributed by atoms with Gasteiger partial charge in [-0.1, -0.05) is 20.8 Å². The minimum atomic E-state index is -0.314. The van der Waals surface area contributed by atoms with Crippen molar-refractivity contribution >= 4 is 28.5 Å². The van der Waals surface area contributed by atoms with E-state index in [-0.39, 0.29) is 23.0 Å². The van der Waals surface area contributed by atoms with E-state index in [0.717, 1.165) is 22.5 Å². The highest BCUT2D eigenvalue weighted by atomic mass is 19.1. The number of imidazole rings is 1. The van der Waals surface area contributed by atoms with Gasteiger partial charge in [0.2, 0.25) is 0 Å². The number of carbonyl (C=O) groups excluding carboxylic acids is 2. The molecule has 0 atom stereocenters. The fraction of sp³-hybridized carbons (Fsp3) is 0.276. The van der Waals surface area contributed by atoms with Gasteiger partial charge >= 0.3 is 0 Å². The Morgan fingerprint density at radius 2 is 1.53 bits per heavy atom. The number of hydrogen-bond acceptors (Lipinski definition) is 3. The maximum atomic E-state index is 13.6. The third-order valence-corrected chi connectivity index (χ3v) is 6.11. The minimum absolute atomic E-state index is 0.0352. The molecule has 0 radical (unpaired) electrons. The van der Waals surface area contributed by atoms with Crippen molar-refractivity contribution < 1.29 is 14.0 Å². The summed E-state index contributed by atoms with van der Waals surface area (Å²) in [4.78, 5) is 32.2. The van der Waals surface area contributed by atoms with Gasteiger partial charge in [0.15, 0.2) is 0 Å². The van der Waals surface area contributed by atoms with E-state index in [1.54, 1.807) is 53.4 Å². The van der Waals surface area contributed by atoms with Crippen molar-refractivity contribution in [2.24, 2.45) is 0 Å². The summed E-state index contributed by atoms with van der Waals surface area (Å²) in [6, 6.07) is 18.5. The fourth-order valence-corrected chi connectivity index (χ4v) is 4.16. The molecule has 2 amide bonds. The molecule has 1 heterocycles. The predicted octanol–water partition coefficient (Wildman–Crippen LogP) is 6.20. The highest BCUT2D eigenvalue weighted by Crippen LogP contribution is 2.30. The normalized spacial score (nSPS) is 11.5. The second-order valence-electron chi connectivity index (χ2n) is 9.71. The number of nitrogens with zero attached hydrogens (tertiary/aromatic N) is 3. The van der Waals surface area contributed by atoms with Crippen LogP contribution in [0.3, 0.4) is 0 Å². The molecule has 4 aromatic rings. The number of amides is 2. The lowest BCUT2D eigenvalue weighted by molar-refractivity contribution is 0.0773. The lowest BCUT2D eigenvalue weighted by atomic mass is 9.95. The molecular formula is C29H31FN4O2. The van der Waals surface area contributed by atoms with Crippen LogP contribution >= 0.6 is 0 Å². The van der Waals surface area contributed by atoms with Crippen LogP contribution in [0.2, 0.25) is 0 Å². The Bertz CT molecular complexity index is 1400. The van der Waals surface area contributed by atoms with Crippen LogP contribution in [0.1, 0.15) is 61.2 Å². The first-order valence-corrected chi connectivity index (χ1v) is 12.1. The number of carbonyl (C=O) groups is 2. The van der Waals surface area contributed by atoms with Crippen LogP contribution in [0.15, 0.2) is 66.7 Å². The Kier molecular flexibility index (Phi) is 6.93. The van der Waals surface area contributed by atoms with Gasteiger partial charge in [0.1, 0.15) is 11.6 Å². The number of benzene rings is 3. The average Bonchev–Trinajstić information content (AvgIpc) is 3.25. The van der Waals surface area contributed by atoms with Gasteiger partial charge in [-0.25, -0.2) is 9.37 Å². The molecule has 4 rings (SSSR count). The van der Waals surface area contributed by atoms with Crippen LogP contribution in [-0.2, 0) is 5.41 Å². The molecule has 0 fully saturated rings. The number of hydrogen-bond donors (Lipinski definition) is 1. The van der Waals surface area contributed by atoms with Gasteiger partial charge in [-0.3, -0.25) is 14.2 Å². The van der Waals surface area contributed by atoms with Crippen molar-refractivity contribution in [2.45, 2.75) is 40.0 Å². The minimum Gasteiger partial charge on any atom is -0.339 e. The van der Waals surface area contributed by atoms with Gasteiger partial charge in [-0.05, 0) is 80.6 Å². The molecule has 186 valence electrons. The maximum absolute atomic E-state index is 13.6. The molecule has 0 spiro atoms. The van der Waals surface area contributed by atoms with Crippen LogP contribution in [0, 0.1) is 5.82 Å². The molecule has 0 aliphatic rings. The van der Waals surface area contributed by atoms with Gasteiger partial charge in [-0.2, -0.15) is 0 Å². The zero-order chi connectivity index (χ0) is 26.0. The third-order valence-electron chi connectivity index (χ3n) is 6.11. The van der Waals surface area contributed by atoms with E-state index in [1.807, 2.05) is 24.5 Å². The quantitative estimate of drug-likeness (QED) is 0.353. The maximum Gasteiger partial charge on any atom is 0.255 e. The van der Waals surface area contributed by atoms with Gasteiger partial charge in [0, 0.05) is 41.0 Å². The highest BCUT2D eigenvalue weighted by molar-refractivity contribution is 6.06.